The van der Waals surface area contributed by atoms with Crippen LogP contribution in [-0.4, -0.2) is 22.1 Å². The maximum atomic E-state index is 12.7. The van der Waals surface area contributed by atoms with E-state index in [1.807, 2.05) is 20.8 Å². The van der Waals surface area contributed by atoms with Gasteiger partial charge in [0.1, 0.15) is 40.8 Å². The molecule has 0 aliphatic carbocycles. The third kappa shape index (κ3) is 2.26. The van der Waals surface area contributed by atoms with Crippen LogP contribution in [0.5, 0.6) is 23.0 Å². The second kappa shape index (κ2) is 5.15. The summed E-state index contributed by atoms with van der Waals surface area (Å²) in [5, 5.41) is 19.8. The Kier molecular flexibility index (Phi) is 3.26. The highest BCUT2D eigenvalue weighted by molar-refractivity contribution is 6.03. The number of rotatable bonds is 1. The molecule has 5 nitrogen and oxygen atoms in total. The Hall–Kier alpha value is -2.69. The lowest BCUT2D eigenvalue weighted by molar-refractivity contribution is 0.0840. The van der Waals surface area contributed by atoms with Gasteiger partial charge in [0.05, 0.1) is 6.42 Å². The number of Topliss-reactive ketones (excluding diaryl/α,β-unsaturated/α-hetero) is 1. The molecule has 2 aromatic carbocycles. The molecule has 0 radical (unpaired) electrons. The zero-order valence-electron chi connectivity index (χ0n) is 14.4. The van der Waals surface area contributed by atoms with Crippen molar-refractivity contribution >= 4 is 5.78 Å². The predicted octanol–water partition coefficient (Wildman–Crippen LogP) is 3.86. The number of phenolic OH excluding ortho intramolecular Hbond substituents is 2. The van der Waals surface area contributed by atoms with E-state index in [0.717, 1.165) is 11.1 Å². The number of hydrogen-bond acceptors (Lipinski definition) is 5. The Morgan fingerprint density at radius 2 is 1.80 bits per heavy atom. The number of benzene rings is 2. The number of phenols is 2. The summed E-state index contributed by atoms with van der Waals surface area (Å²) in [6.07, 6.45) is -0.416. The Bertz CT molecular complexity index is 867. The lowest BCUT2D eigenvalue weighted by Crippen LogP contribution is -2.30. The quantitative estimate of drug-likeness (QED) is 0.824. The normalized spacial score (nSPS) is 23.4. The summed E-state index contributed by atoms with van der Waals surface area (Å²) in [5.74, 6) is 0.877. The summed E-state index contributed by atoms with van der Waals surface area (Å²) in [6, 6.07) is 8.14. The van der Waals surface area contributed by atoms with Crippen LogP contribution in [0.3, 0.4) is 0 Å². The molecule has 5 heteroatoms. The molecule has 130 valence electrons. The molecule has 2 atom stereocenters. The molecule has 2 aliphatic rings. The molecule has 0 spiro atoms. The molecule has 2 N–H and O–H groups in total. The first-order valence-electron chi connectivity index (χ1n) is 8.35. The average molecular weight is 340 g/mol. The Balaban J connectivity index is 1.86. The minimum atomic E-state index is -0.460. The molecule has 0 bridgehead atoms. The van der Waals surface area contributed by atoms with Crippen LogP contribution in [0.15, 0.2) is 30.3 Å². The van der Waals surface area contributed by atoms with Gasteiger partial charge in [-0.1, -0.05) is 26.0 Å². The molecule has 2 aliphatic heterocycles. The van der Waals surface area contributed by atoms with Crippen LogP contribution in [0.4, 0.5) is 0 Å². The molecule has 4 rings (SSSR count). The van der Waals surface area contributed by atoms with Crippen molar-refractivity contribution in [2.45, 2.75) is 44.8 Å². The Morgan fingerprint density at radius 1 is 1.12 bits per heavy atom. The van der Waals surface area contributed by atoms with E-state index in [9.17, 15) is 15.0 Å². The largest absolute Gasteiger partial charge is 0.508 e. The molecule has 0 fully saturated rings. The van der Waals surface area contributed by atoms with Crippen molar-refractivity contribution in [1.82, 2.24) is 0 Å². The third-order valence-electron chi connectivity index (χ3n) is 5.36. The van der Waals surface area contributed by atoms with Gasteiger partial charge < -0.3 is 19.7 Å². The molecule has 2 aromatic rings. The molecule has 0 unspecified atom stereocenters. The van der Waals surface area contributed by atoms with E-state index in [1.165, 1.54) is 6.07 Å². The smallest absolute Gasteiger partial charge is 0.174 e. The SMILES string of the molecule is C[C@H]1Oc2cc(O)c3c(c2C1(C)C)O[C@@H](c1ccc(O)cc1)CC3=O. The Labute approximate surface area is 145 Å². The van der Waals surface area contributed by atoms with E-state index >= 15 is 0 Å². The fourth-order valence-corrected chi connectivity index (χ4v) is 3.58. The van der Waals surface area contributed by atoms with E-state index in [-0.39, 0.29) is 40.8 Å². The summed E-state index contributed by atoms with van der Waals surface area (Å²) in [7, 11) is 0. The zero-order chi connectivity index (χ0) is 17.9. The highest BCUT2D eigenvalue weighted by Gasteiger charge is 2.45. The summed E-state index contributed by atoms with van der Waals surface area (Å²) >= 11 is 0. The highest BCUT2D eigenvalue weighted by atomic mass is 16.5. The molecular weight excluding hydrogens is 320 g/mol. The predicted molar refractivity (Wildman–Crippen MR) is 91.6 cm³/mol. The van der Waals surface area contributed by atoms with E-state index in [2.05, 4.69) is 0 Å². The molecule has 0 amide bonds. The zero-order valence-corrected chi connectivity index (χ0v) is 14.4. The van der Waals surface area contributed by atoms with Crippen molar-refractivity contribution < 1.29 is 24.5 Å². The minimum absolute atomic E-state index is 0.0962. The third-order valence-corrected chi connectivity index (χ3v) is 5.36. The van der Waals surface area contributed by atoms with Crippen LogP contribution in [0.1, 0.15) is 54.8 Å². The maximum absolute atomic E-state index is 12.7. The first kappa shape index (κ1) is 15.8. The van der Waals surface area contributed by atoms with Crippen molar-refractivity contribution in [2.75, 3.05) is 0 Å². The van der Waals surface area contributed by atoms with Gasteiger partial charge in [0.15, 0.2) is 5.78 Å². The molecule has 0 aromatic heterocycles. The average Bonchev–Trinajstić information content (AvgIpc) is 2.76. The lowest BCUT2D eigenvalue weighted by atomic mass is 9.79. The second-order valence-corrected chi connectivity index (χ2v) is 7.28. The van der Waals surface area contributed by atoms with Crippen LogP contribution in [0.2, 0.25) is 0 Å². The summed E-state index contributed by atoms with van der Waals surface area (Å²) in [4.78, 5) is 12.7. The molecular formula is C20H20O5. The number of carbonyl (C=O) groups excluding carboxylic acids is 1. The van der Waals surface area contributed by atoms with Crippen LogP contribution in [0.25, 0.3) is 0 Å². The monoisotopic (exact) mass is 340 g/mol. The summed E-state index contributed by atoms with van der Waals surface area (Å²) < 4.78 is 12.1. The van der Waals surface area contributed by atoms with E-state index in [0.29, 0.717) is 11.5 Å². The number of aromatic hydroxyl groups is 2. The van der Waals surface area contributed by atoms with E-state index < -0.39 is 6.10 Å². The topological polar surface area (TPSA) is 76.0 Å². The second-order valence-electron chi connectivity index (χ2n) is 7.28. The van der Waals surface area contributed by atoms with Gasteiger partial charge in [0.2, 0.25) is 0 Å². The van der Waals surface area contributed by atoms with Crippen molar-refractivity contribution in [2.24, 2.45) is 0 Å². The van der Waals surface area contributed by atoms with Crippen LogP contribution < -0.4 is 9.47 Å². The lowest BCUT2D eigenvalue weighted by Gasteiger charge is -2.31. The number of hydrogen-bond donors (Lipinski definition) is 2. The van der Waals surface area contributed by atoms with E-state index in [1.54, 1.807) is 24.3 Å². The molecule has 25 heavy (non-hydrogen) atoms. The van der Waals surface area contributed by atoms with Crippen LogP contribution in [0, 0.1) is 0 Å². The fraction of sp³-hybridized carbons (Fsp3) is 0.350. The van der Waals surface area contributed by atoms with E-state index in [4.69, 9.17) is 9.47 Å². The van der Waals surface area contributed by atoms with Crippen LogP contribution in [-0.2, 0) is 5.41 Å². The number of ketones is 1. The van der Waals surface area contributed by atoms with Crippen LogP contribution >= 0.6 is 0 Å². The molecule has 2 heterocycles. The van der Waals surface area contributed by atoms with Crippen molar-refractivity contribution in [3.8, 4) is 23.0 Å². The number of fused-ring (bicyclic) bond motifs is 3. The number of carbonyl (C=O) groups is 1. The molecule has 0 saturated carbocycles. The van der Waals surface area contributed by atoms with Gasteiger partial charge in [-0.3, -0.25) is 4.79 Å². The fourth-order valence-electron chi connectivity index (χ4n) is 3.58. The van der Waals surface area contributed by atoms with Crippen molar-refractivity contribution in [3.05, 3.63) is 47.0 Å². The number of ether oxygens (including phenoxy) is 2. The van der Waals surface area contributed by atoms with Gasteiger partial charge in [-0.25, -0.2) is 0 Å². The first-order chi connectivity index (χ1) is 11.8. The standard InChI is InChI=1S/C20H20O5/c1-10-20(2,3)18-16(24-10)9-14(23)17-13(22)8-15(25-19(17)18)11-4-6-12(21)7-5-11/h4-7,9-10,15,21,23H,8H2,1-3H3/t10-,15-/m1/s1. The molecule has 0 saturated heterocycles. The minimum Gasteiger partial charge on any atom is -0.508 e. The van der Waals surface area contributed by atoms with Gasteiger partial charge in [-0.2, -0.15) is 0 Å². The highest BCUT2D eigenvalue weighted by Crippen LogP contribution is 2.54. The Morgan fingerprint density at radius 3 is 2.48 bits per heavy atom. The van der Waals surface area contributed by atoms with Gasteiger partial charge in [-0.15, -0.1) is 0 Å². The first-order valence-corrected chi connectivity index (χ1v) is 8.35. The van der Waals surface area contributed by atoms with Gasteiger partial charge in [0, 0.05) is 17.0 Å². The van der Waals surface area contributed by atoms with Crippen molar-refractivity contribution in [3.63, 3.8) is 0 Å². The van der Waals surface area contributed by atoms with Gasteiger partial charge in [-0.05, 0) is 24.6 Å². The van der Waals surface area contributed by atoms with Gasteiger partial charge in [0.25, 0.3) is 0 Å². The maximum Gasteiger partial charge on any atom is 0.174 e. The summed E-state index contributed by atoms with van der Waals surface area (Å²) in [6.45, 7) is 6.04. The van der Waals surface area contributed by atoms with Crippen molar-refractivity contribution in [1.29, 1.82) is 0 Å². The summed E-state index contributed by atoms with van der Waals surface area (Å²) in [5.41, 5.74) is 1.52. The van der Waals surface area contributed by atoms with Gasteiger partial charge >= 0.3 is 0 Å².